The van der Waals surface area contributed by atoms with Gasteiger partial charge in [0.15, 0.2) is 0 Å². The number of rotatable bonds is 7. The molecule has 0 saturated heterocycles. The molecule has 1 unspecified atom stereocenters. The van der Waals surface area contributed by atoms with Crippen molar-refractivity contribution in [3.8, 4) is 0 Å². The molecule has 1 N–H and O–H groups in total. The highest BCUT2D eigenvalue weighted by Crippen LogP contribution is 2.63. The Balaban J connectivity index is 1.51. The number of nitrogens with zero attached hydrogens (tertiary/aromatic N) is 4. The van der Waals surface area contributed by atoms with E-state index in [2.05, 4.69) is 59.0 Å². The Bertz CT molecular complexity index is 653. The van der Waals surface area contributed by atoms with Crippen molar-refractivity contribution in [1.29, 1.82) is 0 Å². The number of aryl methyl sites for hydroxylation is 1. The molecule has 3 rings (SSSR count). The van der Waals surface area contributed by atoms with Crippen molar-refractivity contribution < 1.29 is 4.79 Å². The first-order chi connectivity index (χ1) is 11.0. The molecule has 122 valence electrons. The summed E-state index contributed by atoms with van der Waals surface area (Å²) >= 11 is 0. The highest BCUT2D eigenvalue weighted by atomic mass is 16.1. The van der Waals surface area contributed by atoms with Gasteiger partial charge in [-0.15, -0.1) is 5.10 Å². The van der Waals surface area contributed by atoms with Gasteiger partial charge in [-0.2, -0.15) is 0 Å². The molecular weight excluding hydrogens is 290 g/mol. The Labute approximate surface area is 136 Å². The largest absolute Gasteiger partial charge is 0.355 e. The summed E-state index contributed by atoms with van der Waals surface area (Å²) in [5.74, 6) is 0.0936. The standard InChI is InChI=1S/C17H23N5O/c1-16(2)11-17(16,14-7-4-3-5-8-14)12-18-15(23)9-6-10-22-13-19-20-21-22/h3-5,7-8,13H,6,9-12H2,1-2H3,(H,18,23). The minimum absolute atomic E-state index is 0.0692. The number of carbonyl (C=O) groups excluding carboxylic acids is 1. The Kier molecular flexibility index (Phi) is 4.15. The van der Waals surface area contributed by atoms with Crippen LogP contribution in [0.1, 0.15) is 38.7 Å². The molecule has 1 fully saturated rings. The SMILES string of the molecule is CC1(C)CC1(CNC(=O)CCCn1cnnn1)c1ccccc1. The van der Waals surface area contributed by atoms with Crippen molar-refractivity contribution in [2.75, 3.05) is 6.54 Å². The van der Waals surface area contributed by atoms with E-state index in [1.54, 1.807) is 11.0 Å². The first-order valence-electron chi connectivity index (χ1n) is 8.07. The molecule has 1 atom stereocenters. The minimum atomic E-state index is 0.0692. The summed E-state index contributed by atoms with van der Waals surface area (Å²) in [7, 11) is 0. The van der Waals surface area contributed by atoms with Crippen LogP contribution in [0.25, 0.3) is 0 Å². The average Bonchev–Trinajstić information content (AvgIpc) is 2.90. The van der Waals surface area contributed by atoms with Crippen LogP contribution >= 0.6 is 0 Å². The second-order valence-electron chi connectivity index (χ2n) is 6.96. The third-order valence-corrected chi connectivity index (χ3v) is 5.01. The fourth-order valence-corrected chi connectivity index (χ4v) is 3.39. The number of aromatic nitrogens is 4. The number of nitrogens with one attached hydrogen (secondary N) is 1. The molecule has 0 aliphatic heterocycles. The highest BCUT2D eigenvalue weighted by molar-refractivity contribution is 5.76. The second kappa shape index (κ2) is 6.10. The van der Waals surface area contributed by atoms with Crippen molar-refractivity contribution in [2.24, 2.45) is 5.41 Å². The Hall–Kier alpha value is -2.24. The van der Waals surface area contributed by atoms with Gasteiger partial charge in [0, 0.05) is 24.9 Å². The first-order valence-corrected chi connectivity index (χ1v) is 8.07. The van der Waals surface area contributed by atoms with E-state index in [0.29, 0.717) is 19.5 Å². The second-order valence-corrected chi connectivity index (χ2v) is 6.96. The van der Waals surface area contributed by atoms with E-state index >= 15 is 0 Å². The number of amides is 1. The van der Waals surface area contributed by atoms with E-state index in [1.807, 2.05) is 6.07 Å². The smallest absolute Gasteiger partial charge is 0.220 e. The van der Waals surface area contributed by atoms with E-state index in [-0.39, 0.29) is 16.7 Å². The van der Waals surface area contributed by atoms with Gasteiger partial charge in [0.25, 0.3) is 0 Å². The predicted octanol–water partition coefficient (Wildman–Crippen LogP) is 1.94. The lowest BCUT2D eigenvalue weighted by Gasteiger charge is -2.22. The Morgan fingerprint density at radius 2 is 2.04 bits per heavy atom. The van der Waals surface area contributed by atoms with E-state index in [0.717, 1.165) is 12.8 Å². The van der Waals surface area contributed by atoms with E-state index in [4.69, 9.17) is 0 Å². The molecule has 0 radical (unpaired) electrons. The molecule has 23 heavy (non-hydrogen) atoms. The van der Waals surface area contributed by atoms with Gasteiger partial charge in [0.2, 0.25) is 5.91 Å². The normalized spacial score (nSPS) is 21.8. The van der Waals surface area contributed by atoms with Gasteiger partial charge in [-0.25, -0.2) is 4.68 Å². The van der Waals surface area contributed by atoms with Crippen LogP contribution in [0.15, 0.2) is 36.7 Å². The monoisotopic (exact) mass is 313 g/mol. The third-order valence-electron chi connectivity index (χ3n) is 5.01. The van der Waals surface area contributed by atoms with Crippen molar-refractivity contribution in [1.82, 2.24) is 25.5 Å². The van der Waals surface area contributed by atoms with Crippen molar-refractivity contribution in [2.45, 2.75) is 45.1 Å². The summed E-state index contributed by atoms with van der Waals surface area (Å²) in [5.41, 5.74) is 1.62. The molecule has 0 bridgehead atoms. The van der Waals surface area contributed by atoms with Crippen LogP contribution in [0.2, 0.25) is 0 Å². The fourth-order valence-electron chi connectivity index (χ4n) is 3.39. The zero-order valence-electron chi connectivity index (χ0n) is 13.7. The number of hydrogen-bond donors (Lipinski definition) is 1. The van der Waals surface area contributed by atoms with Gasteiger partial charge >= 0.3 is 0 Å². The first kappa shape index (κ1) is 15.6. The van der Waals surface area contributed by atoms with Gasteiger partial charge in [0.1, 0.15) is 6.33 Å². The number of carbonyl (C=O) groups is 1. The molecule has 2 aromatic rings. The van der Waals surface area contributed by atoms with E-state index < -0.39 is 0 Å². The van der Waals surface area contributed by atoms with Gasteiger partial charge in [-0.1, -0.05) is 44.2 Å². The molecule has 0 spiro atoms. The van der Waals surface area contributed by atoms with Crippen molar-refractivity contribution in [3.63, 3.8) is 0 Å². The number of tetrazole rings is 1. The molecule has 1 heterocycles. The van der Waals surface area contributed by atoms with Gasteiger partial charge < -0.3 is 5.32 Å². The van der Waals surface area contributed by atoms with E-state index in [1.165, 1.54) is 5.56 Å². The van der Waals surface area contributed by atoms with E-state index in [9.17, 15) is 4.79 Å². The van der Waals surface area contributed by atoms with Crippen LogP contribution < -0.4 is 5.32 Å². The zero-order chi connectivity index (χ0) is 16.3. The lowest BCUT2D eigenvalue weighted by atomic mass is 9.88. The van der Waals surface area contributed by atoms with Crippen LogP contribution in [-0.2, 0) is 16.8 Å². The maximum atomic E-state index is 12.1. The summed E-state index contributed by atoms with van der Waals surface area (Å²) in [6.45, 7) is 5.90. The van der Waals surface area contributed by atoms with Crippen LogP contribution in [0.5, 0.6) is 0 Å². The van der Waals surface area contributed by atoms with Gasteiger partial charge in [-0.3, -0.25) is 4.79 Å². The third kappa shape index (κ3) is 3.25. The van der Waals surface area contributed by atoms with Crippen LogP contribution in [0, 0.1) is 5.41 Å². The lowest BCUT2D eigenvalue weighted by Crippen LogP contribution is -2.34. The number of benzene rings is 1. The van der Waals surface area contributed by atoms with Crippen LogP contribution in [0.3, 0.4) is 0 Å². The van der Waals surface area contributed by atoms with Crippen LogP contribution in [0.4, 0.5) is 0 Å². The zero-order valence-corrected chi connectivity index (χ0v) is 13.7. The lowest BCUT2D eigenvalue weighted by molar-refractivity contribution is -0.121. The molecule has 1 amide bonds. The fraction of sp³-hybridized carbons (Fsp3) is 0.529. The summed E-state index contributed by atoms with van der Waals surface area (Å²) < 4.78 is 1.64. The Morgan fingerprint density at radius 1 is 1.30 bits per heavy atom. The molecule has 1 aromatic heterocycles. The molecule has 1 aliphatic carbocycles. The maximum absolute atomic E-state index is 12.1. The molecular formula is C17H23N5O. The summed E-state index contributed by atoms with van der Waals surface area (Å²) in [6.07, 6.45) is 3.90. The summed E-state index contributed by atoms with van der Waals surface area (Å²) in [5, 5.41) is 14.1. The maximum Gasteiger partial charge on any atom is 0.220 e. The topological polar surface area (TPSA) is 72.7 Å². The molecule has 6 heteroatoms. The molecule has 1 aromatic carbocycles. The number of hydrogen-bond acceptors (Lipinski definition) is 4. The van der Waals surface area contributed by atoms with Crippen molar-refractivity contribution in [3.05, 3.63) is 42.2 Å². The van der Waals surface area contributed by atoms with Gasteiger partial charge in [-0.05, 0) is 34.2 Å². The summed E-state index contributed by atoms with van der Waals surface area (Å²) in [4.78, 5) is 12.1. The molecule has 6 nitrogen and oxygen atoms in total. The van der Waals surface area contributed by atoms with Gasteiger partial charge in [0.05, 0.1) is 0 Å². The summed E-state index contributed by atoms with van der Waals surface area (Å²) in [6, 6.07) is 10.5. The predicted molar refractivity (Wildman–Crippen MR) is 86.6 cm³/mol. The minimum Gasteiger partial charge on any atom is -0.355 e. The Morgan fingerprint density at radius 3 is 2.65 bits per heavy atom. The van der Waals surface area contributed by atoms with Crippen LogP contribution in [-0.4, -0.2) is 32.7 Å². The molecule has 1 saturated carbocycles. The molecule has 1 aliphatic rings. The highest BCUT2D eigenvalue weighted by Gasteiger charge is 2.61. The average molecular weight is 313 g/mol. The quantitative estimate of drug-likeness (QED) is 0.848. The van der Waals surface area contributed by atoms with Crippen molar-refractivity contribution >= 4 is 5.91 Å².